The number of ether oxygens (including phenoxy) is 1. The molecule has 0 spiro atoms. The van der Waals surface area contributed by atoms with Crippen molar-refractivity contribution in [2.24, 2.45) is 0 Å². The summed E-state index contributed by atoms with van der Waals surface area (Å²) in [6.07, 6.45) is 1.97. The molecule has 1 saturated heterocycles. The van der Waals surface area contributed by atoms with Crippen LogP contribution in [0.4, 0.5) is 5.00 Å². The second-order valence-corrected chi connectivity index (χ2v) is 7.50. The number of hydrogen-bond acceptors (Lipinski definition) is 6. The zero-order valence-corrected chi connectivity index (χ0v) is 15.4. The predicted molar refractivity (Wildman–Crippen MR) is 98.0 cm³/mol. The lowest BCUT2D eigenvalue weighted by Crippen LogP contribution is -2.32. The van der Waals surface area contributed by atoms with E-state index >= 15 is 0 Å². The van der Waals surface area contributed by atoms with Gasteiger partial charge in [0.25, 0.3) is 5.91 Å². The molecule has 0 radical (unpaired) electrons. The molecule has 8 heteroatoms. The van der Waals surface area contributed by atoms with Crippen LogP contribution in [0.5, 0.6) is 0 Å². The zero-order chi connectivity index (χ0) is 17.8. The van der Waals surface area contributed by atoms with Gasteiger partial charge in [-0.2, -0.15) is 0 Å². The van der Waals surface area contributed by atoms with Crippen molar-refractivity contribution in [3.8, 4) is 10.4 Å². The van der Waals surface area contributed by atoms with Crippen LogP contribution in [0, 0.1) is 0 Å². The molecule has 3 rings (SSSR count). The Bertz CT molecular complexity index is 777. The summed E-state index contributed by atoms with van der Waals surface area (Å²) in [7, 11) is 0. The maximum Gasteiger partial charge on any atom is 0.342 e. The van der Waals surface area contributed by atoms with Gasteiger partial charge in [-0.3, -0.25) is 9.59 Å². The molecule has 2 aromatic heterocycles. The average Bonchev–Trinajstić information content (AvgIpc) is 3.31. The van der Waals surface area contributed by atoms with Gasteiger partial charge in [0.1, 0.15) is 10.6 Å². The molecule has 3 heterocycles. The number of esters is 1. The fourth-order valence-electron chi connectivity index (χ4n) is 2.68. The van der Waals surface area contributed by atoms with Crippen molar-refractivity contribution in [3.05, 3.63) is 28.5 Å². The Morgan fingerprint density at radius 3 is 2.64 bits per heavy atom. The quantitative estimate of drug-likeness (QED) is 0.811. The van der Waals surface area contributed by atoms with Crippen LogP contribution in [0.25, 0.3) is 10.4 Å². The van der Waals surface area contributed by atoms with Crippen LogP contribution in [-0.2, 0) is 14.3 Å². The standard InChI is InChI=1S/C17H18N2O4S2/c1-11(20)18-16-15(12(10-25-16)13-5-4-8-24-13)17(22)23-9-14(21)19-6-2-3-7-19/h4-5,8,10H,2-3,6-7,9H2,1H3,(H,18,20). The molecule has 0 aliphatic carbocycles. The molecule has 0 bridgehead atoms. The summed E-state index contributed by atoms with van der Waals surface area (Å²) in [5.41, 5.74) is 1.01. The van der Waals surface area contributed by atoms with Crippen LogP contribution in [0.2, 0.25) is 0 Å². The van der Waals surface area contributed by atoms with E-state index in [1.54, 1.807) is 4.90 Å². The molecule has 1 aliphatic heterocycles. The first-order chi connectivity index (χ1) is 12.1. The summed E-state index contributed by atoms with van der Waals surface area (Å²) in [5, 5.41) is 6.84. The fraction of sp³-hybridized carbons (Fsp3) is 0.353. The molecule has 1 fully saturated rings. The molecule has 1 N–H and O–H groups in total. The SMILES string of the molecule is CC(=O)Nc1scc(-c2cccs2)c1C(=O)OCC(=O)N1CCCC1. The summed E-state index contributed by atoms with van der Waals surface area (Å²) in [6.45, 7) is 2.54. The van der Waals surface area contributed by atoms with Gasteiger partial charge in [-0.1, -0.05) is 6.07 Å². The number of anilines is 1. The summed E-state index contributed by atoms with van der Waals surface area (Å²) in [4.78, 5) is 38.7. The van der Waals surface area contributed by atoms with Gasteiger partial charge < -0.3 is 15.0 Å². The fourth-order valence-corrected chi connectivity index (χ4v) is 4.50. The lowest BCUT2D eigenvalue weighted by Gasteiger charge is -2.15. The minimum Gasteiger partial charge on any atom is -0.452 e. The highest BCUT2D eigenvalue weighted by molar-refractivity contribution is 7.17. The smallest absolute Gasteiger partial charge is 0.342 e. The third-order valence-corrected chi connectivity index (χ3v) is 5.66. The van der Waals surface area contributed by atoms with E-state index in [1.165, 1.54) is 29.6 Å². The molecule has 132 valence electrons. The molecule has 0 saturated carbocycles. The van der Waals surface area contributed by atoms with Crippen molar-refractivity contribution < 1.29 is 19.1 Å². The highest BCUT2D eigenvalue weighted by Gasteiger charge is 2.25. The highest BCUT2D eigenvalue weighted by Crippen LogP contribution is 2.38. The molecule has 2 aromatic rings. The van der Waals surface area contributed by atoms with Gasteiger partial charge >= 0.3 is 5.97 Å². The average molecular weight is 378 g/mol. The number of likely N-dealkylation sites (tertiary alicyclic amines) is 1. The lowest BCUT2D eigenvalue weighted by molar-refractivity contribution is -0.133. The normalized spacial score (nSPS) is 13.7. The van der Waals surface area contributed by atoms with Gasteiger partial charge in [0.05, 0.1) is 0 Å². The maximum atomic E-state index is 12.6. The summed E-state index contributed by atoms with van der Waals surface area (Å²) < 4.78 is 5.25. The van der Waals surface area contributed by atoms with Crippen molar-refractivity contribution in [3.63, 3.8) is 0 Å². The Hall–Kier alpha value is -2.19. The van der Waals surface area contributed by atoms with Crippen LogP contribution < -0.4 is 5.32 Å². The Morgan fingerprint density at radius 1 is 1.24 bits per heavy atom. The zero-order valence-electron chi connectivity index (χ0n) is 13.7. The Kier molecular flexibility index (Phi) is 5.50. The van der Waals surface area contributed by atoms with E-state index in [0.29, 0.717) is 29.2 Å². The third kappa shape index (κ3) is 4.08. The second-order valence-electron chi connectivity index (χ2n) is 5.68. The first-order valence-electron chi connectivity index (χ1n) is 7.94. The van der Waals surface area contributed by atoms with Crippen molar-refractivity contribution in [1.82, 2.24) is 4.90 Å². The van der Waals surface area contributed by atoms with Crippen molar-refractivity contribution in [1.29, 1.82) is 0 Å². The molecule has 1 aliphatic rings. The molecular weight excluding hydrogens is 360 g/mol. The predicted octanol–water partition coefficient (Wildman–Crippen LogP) is 3.21. The van der Waals surface area contributed by atoms with Gasteiger partial charge in [-0.05, 0) is 24.3 Å². The van der Waals surface area contributed by atoms with Crippen LogP contribution >= 0.6 is 22.7 Å². The largest absolute Gasteiger partial charge is 0.452 e. The Morgan fingerprint density at radius 2 is 2.00 bits per heavy atom. The molecule has 0 unspecified atom stereocenters. The number of rotatable bonds is 5. The van der Waals surface area contributed by atoms with Crippen LogP contribution in [-0.4, -0.2) is 42.4 Å². The Labute approximate surface area is 153 Å². The van der Waals surface area contributed by atoms with Gasteiger partial charge in [0, 0.05) is 35.8 Å². The summed E-state index contributed by atoms with van der Waals surface area (Å²) >= 11 is 2.76. The topological polar surface area (TPSA) is 75.7 Å². The van der Waals surface area contributed by atoms with E-state index < -0.39 is 5.97 Å². The Balaban J connectivity index is 1.78. The van der Waals surface area contributed by atoms with Crippen molar-refractivity contribution in [2.75, 3.05) is 25.0 Å². The van der Waals surface area contributed by atoms with E-state index in [9.17, 15) is 14.4 Å². The number of carbonyl (C=O) groups is 3. The highest BCUT2D eigenvalue weighted by atomic mass is 32.1. The molecule has 2 amide bonds. The van der Waals surface area contributed by atoms with E-state index in [2.05, 4.69) is 5.32 Å². The first kappa shape index (κ1) is 17.6. The number of nitrogens with zero attached hydrogens (tertiary/aromatic N) is 1. The summed E-state index contributed by atoms with van der Waals surface area (Å²) in [5.74, 6) is -1.04. The number of carbonyl (C=O) groups excluding carboxylic acids is 3. The number of hydrogen-bond donors (Lipinski definition) is 1. The van der Waals surface area contributed by atoms with E-state index in [1.807, 2.05) is 22.9 Å². The van der Waals surface area contributed by atoms with E-state index in [4.69, 9.17) is 4.74 Å². The van der Waals surface area contributed by atoms with Crippen LogP contribution in [0.3, 0.4) is 0 Å². The molecule has 0 aromatic carbocycles. The van der Waals surface area contributed by atoms with Crippen LogP contribution in [0.1, 0.15) is 30.1 Å². The van der Waals surface area contributed by atoms with Gasteiger partial charge in [0.15, 0.2) is 6.61 Å². The van der Waals surface area contributed by atoms with Gasteiger partial charge in [-0.15, -0.1) is 22.7 Å². The molecule has 6 nitrogen and oxygen atoms in total. The number of amides is 2. The second kappa shape index (κ2) is 7.79. The van der Waals surface area contributed by atoms with Crippen molar-refractivity contribution in [2.45, 2.75) is 19.8 Å². The molecular formula is C17H18N2O4S2. The number of nitrogens with one attached hydrogen (secondary N) is 1. The lowest BCUT2D eigenvalue weighted by atomic mass is 10.1. The van der Waals surface area contributed by atoms with E-state index in [0.717, 1.165) is 17.7 Å². The maximum absolute atomic E-state index is 12.6. The minimum absolute atomic E-state index is 0.181. The van der Waals surface area contributed by atoms with Crippen LogP contribution in [0.15, 0.2) is 22.9 Å². The minimum atomic E-state index is -0.596. The van der Waals surface area contributed by atoms with Gasteiger partial charge in [-0.25, -0.2) is 4.79 Å². The third-order valence-electron chi connectivity index (χ3n) is 3.86. The molecule has 0 atom stereocenters. The van der Waals surface area contributed by atoms with Gasteiger partial charge in [0.2, 0.25) is 5.91 Å². The monoisotopic (exact) mass is 378 g/mol. The van der Waals surface area contributed by atoms with E-state index in [-0.39, 0.29) is 18.4 Å². The first-order valence-corrected chi connectivity index (χ1v) is 9.70. The molecule has 25 heavy (non-hydrogen) atoms. The number of thiophene rings is 2. The summed E-state index contributed by atoms with van der Waals surface area (Å²) in [6, 6.07) is 3.79. The van der Waals surface area contributed by atoms with Crippen molar-refractivity contribution >= 4 is 45.5 Å².